The summed E-state index contributed by atoms with van der Waals surface area (Å²) in [7, 11) is 2.12. The molecule has 0 spiro atoms. The van der Waals surface area contributed by atoms with Crippen molar-refractivity contribution >= 4 is 0 Å². The van der Waals surface area contributed by atoms with E-state index in [1.165, 1.54) is 32.5 Å². The summed E-state index contributed by atoms with van der Waals surface area (Å²) in [6.45, 7) is 13.0. The topological polar surface area (TPSA) is 15.3 Å². The molecule has 90 valence electrons. The molecule has 2 nitrogen and oxygen atoms in total. The molecule has 1 rings (SSSR count). The fourth-order valence-corrected chi connectivity index (χ4v) is 3.15. The van der Waals surface area contributed by atoms with Crippen LogP contribution in [0.25, 0.3) is 0 Å². The molecule has 1 fully saturated rings. The van der Waals surface area contributed by atoms with E-state index in [2.05, 4.69) is 45.0 Å². The minimum atomic E-state index is 0.479. The molecule has 0 heterocycles. The molecular weight excluding hydrogens is 184 g/mol. The Kier molecular flexibility index (Phi) is 4.60. The summed E-state index contributed by atoms with van der Waals surface area (Å²) in [5.74, 6) is 0.838. The average molecular weight is 212 g/mol. The van der Waals surface area contributed by atoms with Crippen LogP contribution < -0.4 is 5.32 Å². The smallest absolute Gasteiger partial charge is 0.0156 e. The third-order valence-corrected chi connectivity index (χ3v) is 4.17. The largest absolute Gasteiger partial charge is 0.316 e. The van der Waals surface area contributed by atoms with Crippen molar-refractivity contribution in [1.82, 2.24) is 10.2 Å². The zero-order valence-electron chi connectivity index (χ0n) is 11.1. The van der Waals surface area contributed by atoms with Crippen molar-refractivity contribution in [1.29, 1.82) is 0 Å². The van der Waals surface area contributed by atoms with Gasteiger partial charge in [0.2, 0.25) is 0 Å². The zero-order valence-corrected chi connectivity index (χ0v) is 11.1. The highest BCUT2D eigenvalue weighted by atomic mass is 15.1. The average Bonchev–Trinajstić information content (AvgIpc) is 2.49. The normalized spacial score (nSPS) is 30.0. The van der Waals surface area contributed by atoms with Gasteiger partial charge in [0.25, 0.3) is 0 Å². The second-order valence-corrected chi connectivity index (χ2v) is 5.54. The van der Waals surface area contributed by atoms with E-state index in [0.29, 0.717) is 11.5 Å². The van der Waals surface area contributed by atoms with Crippen molar-refractivity contribution in [3.63, 3.8) is 0 Å². The summed E-state index contributed by atoms with van der Waals surface area (Å²) < 4.78 is 0. The van der Waals surface area contributed by atoms with Crippen molar-refractivity contribution in [2.75, 3.05) is 26.7 Å². The van der Waals surface area contributed by atoms with Crippen LogP contribution in [0.15, 0.2) is 0 Å². The van der Waals surface area contributed by atoms with E-state index in [9.17, 15) is 0 Å². The molecule has 2 unspecified atom stereocenters. The lowest BCUT2D eigenvalue weighted by atomic mass is 9.85. The van der Waals surface area contributed by atoms with Crippen molar-refractivity contribution in [2.24, 2.45) is 11.3 Å². The lowest BCUT2D eigenvalue weighted by Crippen LogP contribution is -2.44. The third kappa shape index (κ3) is 2.94. The molecule has 0 radical (unpaired) electrons. The Hall–Kier alpha value is -0.0800. The van der Waals surface area contributed by atoms with Crippen LogP contribution in [0, 0.1) is 11.3 Å². The first-order valence-electron chi connectivity index (χ1n) is 6.44. The van der Waals surface area contributed by atoms with Gasteiger partial charge in [0.15, 0.2) is 0 Å². The van der Waals surface area contributed by atoms with E-state index in [1.807, 2.05) is 0 Å². The standard InChI is InChI=1S/C13H28N2/c1-6-15(7-2)10-11-8-9-13(3,4)12(11)14-5/h11-12,14H,6-10H2,1-5H3. The highest BCUT2D eigenvalue weighted by Crippen LogP contribution is 2.41. The highest BCUT2D eigenvalue weighted by molar-refractivity contribution is 4.96. The lowest BCUT2D eigenvalue weighted by molar-refractivity contribution is 0.200. The van der Waals surface area contributed by atoms with Crippen molar-refractivity contribution in [2.45, 2.75) is 46.6 Å². The van der Waals surface area contributed by atoms with Gasteiger partial charge in [-0.3, -0.25) is 0 Å². The second-order valence-electron chi connectivity index (χ2n) is 5.54. The maximum atomic E-state index is 3.53. The fraction of sp³-hybridized carbons (Fsp3) is 1.00. The van der Waals surface area contributed by atoms with E-state index >= 15 is 0 Å². The van der Waals surface area contributed by atoms with Crippen molar-refractivity contribution in [3.05, 3.63) is 0 Å². The molecule has 0 amide bonds. The van der Waals surface area contributed by atoms with Gasteiger partial charge in [0.05, 0.1) is 0 Å². The Morgan fingerprint density at radius 2 is 1.87 bits per heavy atom. The molecule has 15 heavy (non-hydrogen) atoms. The molecule has 0 aliphatic heterocycles. The number of nitrogens with one attached hydrogen (secondary N) is 1. The van der Waals surface area contributed by atoms with Crippen LogP contribution in [-0.4, -0.2) is 37.6 Å². The lowest BCUT2D eigenvalue weighted by Gasteiger charge is -2.32. The van der Waals surface area contributed by atoms with E-state index in [1.54, 1.807) is 0 Å². The Balaban J connectivity index is 2.56. The van der Waals surface area contributed by atoms with Gasteiger partial charge in [-0.05, 0) is 44.3 Å². The molecule has 2 atom stereocenters. The molecule has 0 bridgehead atoms. The minimum absolute atomic E-state index is 0.479. The maximum absolute atomic E-state index is 3.53. The summed E-state index contributed by atoms with van der Waals surface area (Å²) in [6.07, 6.45) is 2.75. The molecular formula is C13H28N2. The van der Waals surface area contributed by atoms with Crippen LogP contribution in [0.5, 0.6) is 0 Å². The Morgan fingerprint density at radius 1 is 1.27 bits per heavy atom. The maximum Gasteiger partial charge on any atom is 0.0156 e. The Labute approximate surface area is 95.4 Å². The molecule has 0 saturated heterocycles. The summed E-state index contributed by atoms with van der Waals surface area (Å²) >= 11 is 0. The molecule has 2 heteroatoms. The van der Waals surface area contributed by atoms with Crippen molar-refractivity contribution in [3.8, 4) is 0 Å². The van der Waals surface area contributed by atoms with Gasteiger partial charge in [-0.15, -0.1) is 0 Å². The molecule has 1 aliphatic carbocycles. The molecule has 1 saturated carbocycles. The Morgan fingerprint density at radius 3 is 2.33 bits per heavy atom. The number of hydrogen-bond acceptors (Lipinski definition) is 2. The molecule has 0 aromatic heterocycles. The van der Waals surface area contributed by atoms with E-state index < -0.39 is 0 Å². The summed E-state index contributed by atoms with van der Waals surface area (Å²) in [5, 5.41) is 3.53. The van der Waals surface area contributed by atoms with Gasteiger partial charge in [-0.1, -0.05) is 27.7 Å². The monoisotopic (exact) mass is 212 g/mol. The van der Waals surface area contributed by atoms with Crippen LogP contribution in [-0.2, 0) is 0 Å². The number of nitrogens with zero attached hydrogens (tertiary/aromatic N) is 1. The van der Waals surface area contributed by atoms with Gasteiger partial charge in [0, 0.05) is 12.6 Å². The third-order valence-electron chi connectivity index (χ3n) is 4.17. The first-order chi connectivity index (χ1) is 7.05. The van der Waals surface area contributed by atoms with Crippen LogP contribution in [0.1, 0.15) is 40.5 Å². The highest BCUT2D eigenvalue weighted by Gasteiger charge is 2.40. The summed E-state index contributed by atoms with van der Waals surface area (Å²) in [5.41, 5.74) is 0.479. The minimum Gasteiger partial charge on any atom is -0.316 e. The molecule has 0 aromatic rings. The quantitative estimate of drug-likeness (QED) is 0.752. The number of rotatable bonds is 5. The van der Waals surface area contributed by atoms with Crippen molar-refractivity contribution < 1.29 is 0 Å². The first kappa shape index (κ1) is 13.0. The predicted octanol–water partition coefficient (Wildman–Crippen LogP) is 2.35. The van der Waals surface area contributed by atoms with Crippen LogP contribution >= 0.6 is 0 Å². The van der Waals surface area contributed by atoms with E-state index in [-0.39, 0.29) is 0 Å². The fourth-order valence-electron chi connectivity index (χ4n) is 3.15. The van der Waals surface area contributed by atoms with Crippen LogP contribution in [0.4, 0.5) is 0 Å². The van der Waals surface area contributed by atoms with Crippen LogP contribution in [0.2, 0.25) is 0 Å². The van der Waals surface area contributed by atoms with Gasteiger partial charge < -0.3 is 10.2 Å². The Bertz CT molecular complexity index is 185. The summed E-state index contributed by atoms with van der Waals surface area (Å²) in [4.78, 5) is 2.55. The van der Waals surface area contributed by atoms with E-state index in [0.717, 1.165) is 5.92 Å². The molecule has 0 aromatic carbocycles. The van der Waals surface area contributed by atoms with Crippen LogP contribution in [0.3, 0.4) is 0 Å². The van der Waals surface area contributed by atoms with Gasteiger partial charge in [-0.25, -0.2) is 0 Å². The zero-order chi connectivity index (χ0) is 11.5. The number of hydrogen-bond donors (Lipinski definition) is 1. The molecule has 1 N–H and O–H groups in total. The first-order valence-corrected chi connectivity index (χ1v) is 6.44. The summed E-state index contributed by atoms with van der Waals surface area (Å²) in [6, 6.07) is 0.693. The van der Waals surface area contributed by atoms with Gasteiger partial charge >= 0.3 is 0 Å². The predicted molar refractivity (Wildman–Crippen MR) is 67.1 cm³/mol. The molecule has 1 aliphatic rings. The van der Waals surface area contributed by atoms with Gasteiger partial charge in [0.1, 0.15) is 0 Å². The van der Waals surface area contributed by atoms with Gasteiger partial charge in [-0.2, -0.15) is 0 Å². The second kappa shape index (κ2) is 5.31. The SMILES string of the molecule is CCN(CC)CC1CCC(C)(C)C1NC. The van der Waals surface area contributed by atoms with E-state index in [4.69, 9.17) is 0 Å².